The molecule has 0 aliphatic carbocycles. The lowest BCUT2D eigenvalue weighted by Crippen LogP contribution is -2.72. The van der Waals surface area contributed by atoms with Crippen LogP contribution in [0.25, 0.3) is 0 Å². The van der Waals surface area contributed by atoms with Gasteiger partial charge in [-0.1, -0.05) is 47.5 Å². The average molecular weight is 1530 g/mol. The summed E-state index contributed by atoms with van der Waals surface area (Å²) in [6.45, 7) is 2.30. The van der Waals surface area contributed by atoms with E-state index in [4.69, 9.17) is 0 Å². The summed E-state index contributed by atoms with van der Waals surface area (Å²) >= 11 is 0. The average Bonchev–Trinajstić information content (AvgIpc) is 0.712. The maximum Gasteiger partial charge on any atom is 0.460 e. The molecular formula is C47H22F40N2O6S2. The van der Waals surface area contributed by atoms with Crippen LogP contribution in [0.5, 0.6) is 11.5 Å². The van der Waals surface area contributed by atoms with Gasteiger partial charge in [0, 0.05) is 0 Å². The Bertz CT molecular complexity index is 3640. The molecule has 0 fully saturated rings. The highest BCUT2D eigenvalue weighted by molar-refractivity contribution is 7.93. The molecule has 50 heteroatoms. The quantitative estimate of drug-likeness (QED) is 0.0534. The van der Waals surface area contributed by atoms with Crippen molar-refractivity contribution in [3.63, 3.8) is 0 Å². The summed E-state index contributed by atoms with van der Waals surface area (Å²) in [6.07, 6.45) is -31.8. The second-order valence-corrected chi connectivity index (χ2v) is 22.6. The second kappa shape index (κ2) is 24.5. The Morgan fingerprint density at radius 1 is 0.309 bits per heavy atom. The maximum absolute atomic E-state index is 15.7. The van der Waals surface area contributed by atoms with Crippen LogP contribution in [0.15, 0.2) is 118 Å². The number of nitrogens with one attached hydrogen (secondary N) is 2. The van der Waals surface area contributed by atoms with Crippen molar-refractivity contribution in [2.75, 3.05) is 9.44 Å². The minimum Gasteiger partial charge on any atom is -0.427 e. The fourth-order valence-electron chi connectivity index (χ4n) is 7.41. The number of ether oxygens (including phenoxy) is 2. The third-order valence-electron chi connectivity index (χ3n) is 12.8. The summed E-state index contributed by atoms with van der Waals surface area (Å²) in [5.74, 6) is -125. The van der Waals surface area contributed by atoms with Crippen LogP contribution in [0, 0.1) is 13.8 Å². The number of hydrogen-bond acceptors (Lipinski definition) is 6. The van der Waals surface area contributed by atoms with E-state index >= 15 is 43.9 Å². The van der Waals surface area contributed by atoms with Gasteiger partial charge in [0.25, 0.3) is 20.0 Å². The van der Waals surface area contributed by atoms with Crippen molar-refractivity contribution >= 4 is 31.4 Å². The molecule has 4 rings (SSSR count). The molecule has 0 spiro atoms. The highest BCUT2D eigenvalue weighted by Gasteiger charge is 2.96. The van der Waals surface area contributed by atoms with Gasteiger partial charge in [0.05, 0.1) is 21.2 Å². The van der Waals surface area contributed by atoms with Crippen molar-refractivity contribution in [3.05, 3.63) is 131 Å². The highest BCUT2D eigenvalue weighted by Crippen LogP contribution is 2.66. The predicted octanol–water partition coefficient (Wildman–Crippen LogP) is 19.0. The SMILES string of the molecule is Cc1ccc(S(=O)(=O)Nc2ccc(C(c3ccc(NS(=O)(=O)c4ccc(C)cc4)c(OC(F)=C(F)C(F)(F)C(F)(F)C(F)(F)C(F)(F)C(F)(F)C(F)(F)C(F)(F)F)c3)(C(F)(F)F)C(F)(F)F)cc2OC(F)=C(F)C(F)(F)C(F)(F)C(F)(F)C(F)(F)C(F)(F)C(F)(F)C(F)(F)F)cc1. The Hall–Kier alpha value is -7.34. The van der Waals surface area contributed by atoms with Crippen molar-refractivity contribution in [1.82, 2.24) is 0 Å². The van der Waals surface area contributed by atoms with Gasteiger partial charge in [0.1, 0.15) is 0 Å². The maximum atomic E-state index is 15.7. The van der Waals surface area contributed by atoms with Gasteiger partial charge in [-0.3, -0.25) is 9.44 Å². The van der Waals surface area contributed by atoms with Gasteiger partial charge in [-0.2, -0.15) is 176 Å². The number of sulfonamides is 2. The number of benzene rings is 4. The molecule has 8 nitrogen and oxygen atoms in total. The van der Waals surface area contributed by atoms with Crippen LogP contribution >= 0.6 is 0 Å². The second-order valence-electron chi connectivity index (χ2n) is 19.3. The minimum atomic E-state index is -9.32. The largest absolute Gasteiger partial charge is 0.460 e. The molecule has 0 radical (unpaired) electrons. The number of anilines is 2. The lowest BCUT2D eigenvalue weighted by molar-refractivity contribution is -0.451. The first-order valence-corrected chi connectivity index (χ1v) is 26.4. The Morgan fingerprint density at radius 3 is 0.763 bits per heavy atom. The number of alkyl halides is 36. The van der Waals surface area contributed by atoms with Gasteiger partial charge in [-0.25, -0.2) is 16.8 Å². The molecule has 0 aromatic heterocycles. The molecule has 0 aliphatic heterocycles. The summed E-state index contributed by atoms with van der Waals surface area (Å²) in [5, 5.41) is 0. The van der Waals surface area contributed by atoms with Crippen LogP contribution in [-0.4, -0.2) is 113 Å². The third kappa shape index (κ3) is 13.0. The van der Waals surface area contributed by atoms with E-state index in [-0.39, 0.29) is 11.1 Å². The molecule has 548 valence electrons. The third-order valence-corrected chi connectivity index (χ3v) is 15.5. The first kappa shape index (κ1) is 82.1. The molecule has 0 bridgehead atoms. The zero-order chi connectivity index (χ0) is 76.3. The van der Waals surface area contributed by atoms with Gasteiger partial charge in [-0.15, -0.1) is 0 Å². The van der Waals surface area contributed by atoms with E-state index in [1.807, 2.05) is 0 Å². The molecule has 97 heavy (non-hydrogen) atoms. The normalized spacial score (nSPS) is 15.6. The molecule has 0 unspecified atom stereocenters. The van der Waals surface area contributed by atoms with Gasteiger partial charge in [0.15, 0.2) is 11.5 Å². The summed E-state index contributed by atoms with van der Waals surface area (Å²) in [4.78, 5) is -2.53. The van der Waals surface area contributed by atoms with Crippen LogP contribution in [-0.2, 0) is 25.5 Å². The number of halogens is 40. The molecule has 0 aliphatic rings. The molecule has 2 N–H and O–H groups in total. The van der Waals surface area contributed by atoms with E-state index in [2.05, 4.69) is 9.47 Å². The van der Waals surface area contributed by atoms with Gasteiger partial charge in [-0.05, 0) is 73.5 Å². The molecule has 0 saturated heterocycles. The molecule has 4 aromatic rings. The monoisotopic (exact) mass is 1530 g/mol. The molecule has 0 atom stereocenters. The predicted molar refractivity (Wildman–Crippen MR) is 241 cm³/mol. The van der Waals surface area contributed by atoms with Crippen LogP contribution in [0.4, 0.5) is 187 Å². The fraction of sp³-hybridized carbons (Fsp3) is 0.404. The summed E-state index contributed by atoms with van der Waals surface area (Å²) in [6, 6.07) is -10.8. The summed E-state index contributed by atoms with van der Waals surface area (Å²) in [7, 11) is -11.6. The summed E-state index contributed by atoms with van der Waals surface area (Å²) in [5.41, 5.74) is -17.6. The van der Waals surface area contributed by atoms with Crippen LogP contribution in [0.3, 0.4) is 0 Å². The van der Waals surface area contributed by atoms with E-state index in [0.29, 0.717) is 24.3 Å². The van der Waals surface area contributed by atoms with Crippen molar-refractivity contribution < 1.29 is 202 Å². The van der Waals surface area contributed by atoms with Gasteiger partial charge < -0.3 is 9.47 Å². The highest BCUT2D eigenvalue weighted by atomic mass is 32.2. The zero-order valence-corrected chi connectivity index (χ0v) is 46.6. The topological polar surface area (TPSA) is 111 Å². The number of hydrogen-bond donors (Lipinski definition) is 2. The summed E-state index contributed by atoms with van der Waals surface area (Å²) < 4.78 is 636. The van der Waals surface area contributed by atoms with Crippen LogP contribution in [0.2, 0.25) is 0 Å². The Morgan fingerprint density at radius 2 is 0.536 bits per heavy atom. The molecule has 4 aromatic carbocycles. The lowest BCUT2D eigenvalue weighted by atomic mass is 9.72. The van der Waals surface area contributed by atoms with Gasteiger partial charge in [0.2, 0.25) is 17.1 Å². The van der Waals surface area contributed by atoms with E-state index in [1.165, 1.54) is 0 Å². The first-order valence-electron chi connectivity index (χ1n) is 23.5. The Labute approximate surface area is 509 Å². The van der Waals surface area contributed by atoms with Crippen molar-refractivity contribution in [2.45, 2.75) is 125 Å². The van der Waals surface area contributed by atoms with Crippen LogP contribution < -0.4 is 18.9 Å². The van der Waals surface area contributed by atoms with Crippen molar-refractivity contribution in [1.29, 1.82) is 0 Å². The molecule has 0 saturated carbocycles. The lowest BCUT2D eigenvalue weighted by Gasteiger charge is -2.41. The van der Waals surface area contributed by atoms with E-state index in [1.54, 1.807) is 0 Å². The number of aryl methyl sites for hydroxylation is 2. The smallest absolute Gasteiger partial charge is 0.427 e. The van der Waals surface area contributed by atoms with E-state index < -0.39 is 225 Å². The Balaban J connectivity index is 2.20. The van der Waals surface area contributed by atoms with Crippen LogP contribution in [0.1, 0.15) is 22.3 Å². The van der Waals surface area contributed by atoms with E-state index in [0.717, 1.165) is 47.6 Å². The minimum absolute atomic E-state index is 0.0537. The van der Waals surface area contributed by atoms with Crippen molar-refractivity contribution in [3.8, 4) is 11.5 Å². The number of allylic oxidation sites excluding steroid dienone is 2. The fourth-order valence-corrected chi connectivity index (χ4v) is 9.55. The van der Waals surface area contributed by atoms with Crippen molar-refractivity contribution in [2.24, 2.45) is 0 Å². The molecule has 0 amide bonds. The van der Waals surface area contributed by atoms with E-state index in [9.17, 15) is 149 Å². The Kier molecular flexibility index (Phi) is 20.8. The molecule has 0 heterocycles. The number of rotatable bonds is 24. The zero-order valence-electron chi connectivity index (χ0n) is 45.0. The first-order chi connectivity index (χ1) is 42.7. The van der Waals surface area contributed by atoms with Gasteiger partial charge >= 0.3 is 108 Å². The standard InChI is InChI=1S/C47H22F40N2O6S2/c1-17-3-9-21(10-4-17)96(90,91)88-23-13-7-19(15-25(23)94-29(50)27(48)32(52,53)34(56,57)36(60,61)38(64,65)40(68,69)42(72,73)46(82,83)84)31(44(76,77)78,45(79,80)81)20-8-14-24(89-97(92,93)22-11-5-18(2)6-12-22)26(16-20)95-30(51)28(49)33(54,55)35(58,59)37(62,63)39(66,67)41(70,71)43(74,75)47(85,86)87/h3-16,88-89H,1-2H3. The molecular weight excluding hydrogens is 1510 g/mol.